The number of benzene rings is 1. The Balaban J connectivity index is 1.51. The van der Waals surface area contributed by atoms with E-state index in [1.54, 1.807) is 29.8 Å². The summed E-state index contributed by atoms with van der Waals surface area (Å²) in [6, 6.07) is 15.8. The van der Waals surface area contributed by atoms with Crippen molar-refractivity contribution in [3.63, 3.8) is 0 Å². The SMILES string of the molecule is COc1ccc(CN(C(=O)Cn2nnc(-c3cccs3)n2)C(C)Cc2cccs2)cc1. The van der Waals surface area contributed by atoms with E-state index in [1.807, 2.05) is 52.7 Å². The van der Waals surface area contributed by atoms with Gasteiger partial charge < -0.3 is 9.64 Å². The molecule has 4 aromatic rings. The molecule has 3 aromatic heterocycles. The minimum Gasteiger partial charge on any atom is -0.497 e. The zero-order chi connectivity index (χ0) is 21.6. The summed E-state index contributed by atoms with van der Waals surface area (Å²) in [4.78, 5) is 18.7. The molecule has 0 aliphatic rings. The Morgan fingerprint density at radius 2 is 1.90 bits per heavy atom. The predicted molar refractivity (Wildman–Crippen MR) is 122 cm³/mol. The summed E-state index contributed by atoms with van der Waals surface area (Å²) in [5.74, 6) is 1.28. The van der Waals surface area contributed by atoms with Crippen LogP contribution in [-0.2, 0) is 24.3 Å². The number of ether oxygens (including phenoxy) is 1. The topological polar surface area (TPSA) is 73.1 Å². The average Bonchev–Trinajstić information content (AvgIpc) is 3.54. The molecule has 7 nitrogen and oxygen atoms in total. The molecule has 1 amide bonds. The maximum Gasteiger partial charge on any atom is 0.246 e. The van der Waals surface area contributed by atoms with E-state index in [-0.39, 0.29) is 18.5 Å². The highest BCUT2D eigenvalue weighted by atomic mass is 32.1. The molecule has 31 heavy (non-hydrogen) atoms. The standard InChI is InChI=1S/C22H23N5O2S2/c1-16(13-19-5-3-11-30-19)26(14-17-7-9-18(29-2)10-8-17)21(28)15-27-24-22(23-25-27)20-6-4-12-31-20/h3-12,16H,13-15H2,1-2H3. The maximum atomic E-state index is 13.3. The molecule has 0 saturated carbocycles. The summed E-state index contributed by atoms with van der Waals surface area (Å²) in [6.07, 6.45) is 0.796. The van der Waals surface area contributed by atoms with Crippen LogP contribution in [0.25, 0.3) is 10.7 Å². The fourth-order valence-corrected chi connectivity index (χ4v) is 4.75. The van der Waals surface area contributed by atoms with Gasteiger partial charge in [-0.05, 0) is 52.7 Å². The second kappa shape index (κ2) is 9.84. The third kappa shape index (κ3) is 5.36. The van der Waals surface area contributed by atoms with Crippen molar-refractivity contribution in [2.24, 2.45) is 0 Å². The molecule has 1 atom stereocenters. The lowest BCUT2D eigenvalue weighted by Crippen LogP contribution is -2.41. The minimum absolute atomic E-state index is 0.0218. The molecule has 0 fully saturated rings. The minimum atomic E-state index is -0.0463. The van der Waals surface area contributed by atoms with Crippen molar-refractivity contribution >= 4 is 28.6 Å². The van der Waals surface area contributed by atoms with Crippen molar-refractivity contribution in [3.05, 3.63) is 69.7 Å². The number of aromatic nitrogens is 4. The molecule has 4 rings (SSSR count). The number of carbonyl (C=O) groups is 1. The summed E-state index contributed by atoms with van der Waals surface area (Å²) >= 11 is 3.25. The van der Waals surface area contributed by atoms with Crippen molar-refractivity contribution < 1.29 is 9.53 Å². The molecule has 3 heterocycles. The van der Waals surface area contributed by atoms with E-state index in [9.17, 15) is 4.79 Å². The number of carbonyl (C=O) groups excluding carboxylic acids is 1. The Hall–Kier alpha value is -3.04. The number of hydrogen-bond donors (Lipinski definition) is 0. The Morgan fingerprint density at radius 3 is 2.58 bits per heavy atom. The van der Waals surface area contributed by atoms with Crippen LogP contribution in [0.1, 0.15) is 17.4 Å². The molecule has 1 unspecified atom stereocenters. The Labute approximate surface area is 188 Å². The molecule has 1 aromatic carbocycles. The van der Waals surface area contributed by atoms with Gasteiger partial charge in [-0.1, -0.05) is 24.3 Å². The quantitative estimate of drug-likeness (QED) is 0.381. The molecule has 0 aliphatic heterocycles. The molecule has 9 heteroatoms. The van der Waals surface area contributed by atoms with E-state index < -0.39 is 0 Å². The van der Waals surface area contributed by atoms with Crippen LogP contribution in [0.5, 0.6) is 5.75 Å². The monoisotopic (exact) mass is 453 g/mol. The molecular formula is C22H23N5O2S2. The number of methoxy groups -OCH3 is 1. The van der Waals surface area contributed by atoms with Gasteiger partial charge in [-0.2, -0.15) is 4.80 Å². The second-order valence-corrected chi connectivity index (χ2v) is 9.10. The van der Waals surface area contributed by atoms with Crippen molar-refractivity contribution in [1.29, 1.82) is 0 Å². The summed E-state index contributed by atoms with van der Waals surface area (Å²) in [5.41, 5.74) is 1.04. The summed E-state index contributed by atoms with van der Waals surface area (Å²) in [7, 11) is 1.64. The second-order valence-electron chi connectivity index (χ2n) is 7.12. The van der Waals surface area contributed by atoms with Gasteiger partial charge in [0, 0.05) is 23.9 Å². The molecule has 0 bridgehead atoms. The summed E-state index contributed by atoms with van der Waals surface area (Å²) < 4.78 is 5.25. The van der Waals surface area contributed by atoms with E-state index in [4.69, 9.17) is 4.74 Å². The predicted octanol–water partition coefficient (Wildman–Crippen LogP) is 4.13. The van der Waals surface area contributed by atoms with Gasteiger partial charge in [-0.25, -0.2) is 0 Å². The first-order valence-corrected chi connectivity index (χ1v) is 11.6. The van der Waals surface area contributed by atoms with Crippen molar-refractivity contribution in [2.45, 2.75) is 32.5 Å². The number of hydrogen-bond acceptors (Lipinski definition) is 7. The van der Waals surface area contributed by atoms with E-state index in [2.05, 4.69) is 33.8 Å². The highest BCUT2D eigenvalue weighted by molar-refractivity contribution is 7.13. The smallest absolute Gasteiger partial charge is 0.246 e. The zero-order valence-electron chi connectivity index (χ0n) is 17.3. The third-order valence-corrected chi connectivity index (χ3v) is 6.68. The molecule has 160 valence electrons. The largest absolute Gasteiger partial charge is 0.497 e. The van der Waals surface area contributed by atoms with Crippen LogP contribution in [0.2, 0.25) is 0 Å². The molecule has 0 radical (unpaired) electrons. The molecule has 0 N–H and O–H groups in total. The zero-order valence-corrected chi connectivity index (χ0v) is 19.0. The molecule has 0 saturated heterocycles. The maximum absolute atomic E-state index is 13.3. The van der Waals surface area contributed by atoms with Gasteiger partial charge in [0.05, 0.1) is 12.0 Å². The first kappa shape index (κ1) is 21.2. The highest BCUT2D eigenvalue weighted by Crippen LogP contribution is 2.21. The fraction of sp³-hybridized carbons (Fsp3) is 0.273. The van der Waals surface area contributed by atoms with Crippen LogP contribution in [0.3, 0.4) is 0 Å². The van der Waals surface area contributed by atoms with Gasteiger partial charge in [0.25, 0.3) is 0 Å². The third-order valence-electron chi connectivity index (χ3n) is 4.91. The van der Waals surface area contributed by atoms with Crippen LogP contribution in [0.4, 0.5) is 0 Å². The number of nitrogens with zero attached hydrogens (tertiary/aromatic N) is 5. The first-order chi connectivity index (χ1) is 15.1. The van der Waals surface area contributed by atoms with Gasteiger partial charge in [-0.3, -0.25) is 4.79 Å². The number of amides is 1. The van der Waals surface area contributed by atoms with Crippen molar-refractivity contribution in [3.8, 4) is 16.5 Å². The van der Waals surface area contributed by atoms with Crippen LogP contribution in [-0.4, -0.2) is 44.2 Å². The van der Waals surface area contributed by atoms with Crippen LogP contribution in [0, 0.1) is 0 Å². The average molecular weight is 454 g/mol. The lowest BCUT2D eigenvalue weighted by Gasteiger charge is -2.29. The first-order valence-electron chi connectivity index (χ1n) is 9.89. The van der Waals surface area contributed by atoms with E-state index in [0.717, 1.165) is 22.6 Å². The fourth-order valence-electron chi connectivity index (χ4n) is 3.27. The van der Waals surface area contributed by atoms with Crippen LogP contribution in [0.15, 0.2) is 59.3 Å². The Morgan fingerprint density at radius 1 is 1.13 bits per heavy atom. The molecule has 0 spiro atoms. The summed E-state index contributed by atoms with van der Waals surface area (Å²) in [6.45, 7) is 2.62. The van der Waals surface area contributed by atoms with Crippen molar-refractivity contribution in [1.82, 2.24) is 25.1 Å². The van der Waals surface area contributed by atoms with Gasteiger partial charge >= 0.3 is 0 Å². The van der Waals surface area contributed by atoms with Gasteiger partial charge in [0.15, 0.2) is 0 Å². The lowest BCUT2D eigenvalue weighted by atomic mass is 10.1. The Bertz CT molecular complexity index is 1090. The number of thiophene rings is 2. The number of tetrazole rings is 1. The van der Waals surface area contributed by atoms with Crippen molar-refractivity contribution in [2.75, 3.05) is 7.11 Å². The van der Waals surface area contributed by atoms with Gasteiger partial charge in [0.2, 0.25) is 11.7 Å². The molecular weight excluding hydrogens is 430 g/mol. The van der Waals surface area contributed by atoms with Gasteiger partial charge in [0.1, 0.15) is 12.3 Å². The van der Waals surface area contributed by atoms with Crippen LogP contribution >= 0.6 is 22.7 Å². The Kier molecular flexibility index (Phi) is 6.73. The van der Waals surface area contributed by atoms with E-state index in [0.29, 0.717) is 12.4 Å². The van der Waals surface area contributed by atoms with E-state index >= 15 is 0 Å². The highest BCUT2D eigenvalue weighted by Gasteiger charge is 2.23. The van der Waals surface area contributed by atoms with Crippen LogP contribution < -0.4 is 4.74 Å². The molecule has 0 aliphatic carbocycles. The summed E-state index contributed by atoms with van der Waals surface area (Å²) in [5, 5.41) is 16.6. The van der Waals surface area contributed by atoms with E-state index in [1.165, 1.54) is 9.67 Å². The number of rotatable bonds is 9. The van der Waals surface area contributed by atoms with Gasteiger partial charge in [-0.15, -0.1) is 32.9 Å². The lowest BCUT2D eigenvalue weighted by molar-refractivity contribution is -0.135. The normalized spacial score (nSPS) is 11.9.